The second-order valence-corrected chi connectivity index (χ2v) is 8.01. The Labute approximate surface area is 216 Å². The Kier molecular flexibility index (Phi) is 19.5. The lowest BCUT2D eigenvalue weighted by Gasteiger charge is -2.19. The number of rotatable bonds is 12. The molecule has 1 aromatic carbocycles. The van der Waals surface area contributed by atoms with Gasteiger partial charge in [0, 0.05) is 26.5 Å². The molecular weight excluding hydrogens is 456 g/mol. The molecule has 1 amide bonds. The fraction of sp³-hybridized carbons (Fsp3) is 0.414. The molecule has 0 fully saturated rings. The van der Waals surface area contributed by atoms with Gasteiger partial charge in [-0.1, -0.05) is 55.4 Å². The van der Waals surface area contributed by atoms with Gasteiger partial charge in [-0.05, 0) is 67.1 Å². The second kappa shape index (κ2) is 21.3. The van der Waals surface area contributed by atoms with Crippen molar-refractivity contribution in [2.45, 2.75) is 38.9 Å². The summed E-state index contributed by atoms with van der Waals surface area (Å²) in [5, 5.41) is 32.2. The molecule has 0 bridgehead atoms. The maximum Gasteiger partial charge on any atom is 0.211 e. The number of hydrogen-bond donors (Lipinski definition) is 5. The topological polar surface area (TPSA) is 111 Å². The van der Waals surface area contributed by atoms with E-state index in [2.05, 4.69) is 29.6 Å². The maximum atomic E-state index is 10.5. The van der Waals surface area contributed by atoms with Crippen LogP contribution in [0.3, 0.4) is 0 Å². The molecule has 0 spiro atoms. The number of aliphatic hydroxyl groups excluding tert-OH is 3. The van der Waals surface area contributed by atoms with E-state index in [1.54, 1.807) is 31.4 Å². The van der Waals surface area contributed by atoms with E-state index in [1.807, 2.05) is 37.3 Å². The summed E-state index contributed by atoms with van der Waals surface area (Å²) in [5.74, 6) is 3.04. The van der Waals surface area contributed by atoms with Crippen LogP contribution in [0.25, 0.3) is 0 Å². The van der Waals surface area contributed by atoms with Crippen molar-refractivity contribution >= 4 is 12.1 Å². The van der Waals surface area contributed by atoms with Gasteiger partial charge in [0.2, 0.25) is 6.41 Å². The van der Waals surface area contributed by atoms with E-state index in [0.29, 0.717) is 37.7 Å². The molecular formula is C29H42N2O5. The minimum atomic E-state index is -0.650. The first-order valence-corrected chi connectivity index (χ1v) is 11.9. The third-order valence-electron chi connectivity index (χ3n) is 5.25. The monoisotopic (exact) mass is 498 g/mol. The number of terminal acetylenes is 1. The molecule has 198 valence electrons. The van der Waals surface area contributed by atoms with Crippen molar-refractivity contribution in [3.8, 4) is 12.3 Å². The molecule has 2 rings (SSSR count). The number of carbonyl (C=O) groups is 1. The van der Waals surface area contributed by atoms with Gasteiger partial charge in [-0.15, -0.1) is 6.42 Å². The third kappa shape index (κ3) is 14.4. The summed E-state index contributed by atoms with van der Waals surface area (Å²) in [6, 6.07) is 7.12. The molecule has 0 aromatic heterocycles. The molecule has 0 saturated heterocycles. The predicted octanol–water partition coefficient (Wildman–Crippen LogP) is 3.53. The molecule has 0 heterocycles. The zero-order chi connectivity index (χ0) is 27.2. The summed E-state index contributed by atoms with van der Waals surface area (Å²) in [7, 11) is 2.64. The van der Waals surface area contributed by atoms with E-state index in [0.717, 1.165) is 36.7 Å². The number of allylic oxidation sites excluding steroid dienone is 5. The average molecular weight is 499 g/mol. The first kappa shape index (κ1) is 33.0. The predicted molar refractivity (Wildman–Crippen MR) is 147 cm³/mol. The highest BCUT2D eigenvalue weighted by Gasteiger charge is 2.13. The smallest absolute Gasteiger partial charge is 0.211 e. The summed E-state index contributed by atoms with van der Waals surface area (Å²) >= 11 is 0. The number of anilines is 1. The van der Waals surface area contributed by atoms with Crippen LogP contribution < -0.4 is 10.6 Å². The molecule has 1 aromatic rings. The molecule has 1 aliphatic carbocycles. The SMILES string of the molecule is C#C/C=C(\C=C/COC)CCNC[C@H](O)c1cccc(NC=O)c1.CC1CC=CC=C1[C@H](C)O.CO. The first-order chi connectivity index (χ1) is 17.4. The van der Waals surface area contributed by atoms with Crippen molar-refractivity contribution in [2.75, 3.05) is 39.2 Å². The summed E-state index contributed by atoms with van der Waals surface area (Å²) in [6.07, 6.45) is 18.6. The van der Waals surface area contributed by atoms with Crippen LogP contribution in [0, 0.1) is 18.3 Å². The molecule has 1 unspecified atom stereocenters. The summed E-state index contributed by atoms with van der Waals surface area (Å²) in [6.45, 7) is 5.60. The summed E-state index contributed by atoms with van der Waals surface area (Å²) < 4.78 is 4.96. The molecule has 7 nitrogen and oxygen atoms in total. The van der Waals surface area contributed by atoms with Crippen LogP contribution in [0.1, 0.15) is 38.4 Å². The lowest BCUT2D eigenvalue weighted by atomic mass is 9.90. The molecule has 7 heteroatoms. The fourth-order valence-electron chi connectivity index (χ4n) is 3.41. The Morgan fingerprint density at radius 1 is 1.33 bits per heavy atom. The Morgan fingerprint density at radius 2 is 2.08 bits per heavy atom. The van der Waals surface area contributed by atoms with Crippen LogP contribution in [0.4, 0.5) is 5.69 Å². The number of nitrogens with one attached hydrogen (secondary N) is 2. The Hall–Kier alpha value is -2.99. The van der Waals surface area contributed by atoms with Crippen molar-refractivity contribution in [2.24, 2.45) is 5.92 Å². The molecule has 36 heavy (non-hydrogen) atoms. The van der Waals surface area contributed by atoms with Gasteiger partial charge in [-0.3, -0.25) is 4.79 Å². The van der Waals surface area contributed by atoms with Crippen molar-refractivity contribution in [1.82, 2.24) is 5.32 Å². The van der Waals surface area contributed by atoms with Gasteiger partial charge >= 0.3 is 0 Å². The molecule has 5 N–H and O–H groups in total. The molecule has 3 atom stereocenters. The number of amides is 1. The highest BCUT2D eigenvalue weighted by Crippen LogP contribution is 2.22. The van der Waals surface area contributed by atoms with Gasteiger partial charge in [0.05, 0.1) is 18.8 Å². The van der Waals surface area contributed by atoms with Crippen LogP contribution >= 0.6 is 0 Å². The van der Waals surface area contributed by atoms with Crippen molar-refractivity contribution in [3.05, 3.63) is 77.4 Å². The second-order valence-electron chi connectivity index (χ2n) is 8.01. The van der Waals surface area contributed by atoms with E-state index in [-0.39, 0.29) is 6.10 Å². The van der Waals surface area contributed by atoms with Gasteiger partial charge in [0.1, 0.15) is 0 Å². The van der Waals surface area contributed by atoms with Crippen LogP contribution in [-0.4, -0.2) is 61.7 Å². The third-order valence-corrected chi connectivity index (χ3v) is 5.25. The number of aliphatic hydroxyl groups is 3. The van der Waals surface area contributed by atoms with Crippen molar-refractivity contribution < 1.29 is 24.9 Å². The minimum absolute atomic E-state index is 0.278. The average Bonchev–Trinajstić information content (AvgIpc) is 2.88. The molecule has 0 aliphatic heterocycles. The van der Waals surface area contributed by atoms with Crippen molar-refractivity contribution in [3.63, 3.8) is 0 Å². The van der Waals surface area contributed by atoms with Gasteiger partial charge in [-0.25, -0.2) is 0 Å². The van der Waals surface area contributed by atoms with Crippen LogP contribution in [-0.2, 0) is 9.53 Å². The van der Waals surface area contributed by atoms with E-state index < -0.39 is 6.10 Å². The zero-order valence-electron chi connectivity index (χ0n) is 21.9. The normalized spacial score (nSPS) is 16.4. The van der Waals surface area contributed by atoms with E-state index in [1.165, 1.54) is 0 Å². The van der Waals surface area contributed by atoms with E-state index in [4.69, 9.17) is 16.3 Å². The van der Waals surface area contributed by atoms with Gasteiger partial charge in [0.25, 0.3) is 0 Å². The number of ether oxygens (including phenoxy) is 1. The maximum absolute atomic E-state index is 10.5. The largest absolute Gasteiger partial charge is 0.400 e. The standard InChI is InChI=1S/C19H24N2O3.C9H14O.CH4O/c1-3-6-16(7-5-12-24-2)10-11-20-14-19(23)17-8-4-9-18(13-17)21-15-22;1-7-5-3-4-6-9(7)8(2)10;1-2/h1,4-9,13,15,19-20,23H,10-12,14H2,2H3,(H,21,22);3-4,6-8,10H,5H2,1-2H3;2H,1H3/b7-5-,16-6+;;/t19-;7?,8-;/m00./s1. The number of carbonyl (C=O) groups excluding carboxylic acids is 1. The number of methoxy groups -OCH3 is 1. The Morgan fingerprint density at radius 3 is 2.67 bits per heavy atom. The number of hydrogen-bond acceptors (Lipinski definition) is 6. The van der Waals surface area contributed by atoms with Crippen LogP contribution in [0.5, 0.6) is 0 Å². The van der Waals surface area contributed by atoms with Gasteiger partial charge < -0.3 is 30.7 Å². The highest BCUT2D eigenvalue weighted by molar-refractivity contribution is 5.71. The molecule has 1 aliphatic rings. The molecule has 0 saturated carbocycles. The van der Waals surface area contributed by atoms with Crippen molar-refractivity contribution in [1.29, 1.82) is 0 Å². The van der Waals surface area contributed by atoms with E-state index in [9.17, 15) is 15.0 Å². The van der Waals surface area contributed by atoms with Crippen LogP contribution in [0.2, 0.25) is 0 Å². The lowest BCUT2D eigenvalue weighted by molar-refractivity contribution is -0.105. The lowest BCUT2D eigenvalue weighted by Crippen LogP contribution is -2.22. The quantitative estimate of drug-likeness (QED) is 0.131. The Balaban J connectivity index is 0.000000845. The minimum Gasteiger partial charge on any atom is -0.400 e. The Bertz CT molecular complexity index is 897. The highest BCUT2D eigenvalue weighted by atomic mass is 16.5. The van der Waals surface area contributed by atoms with Gasteiger partial charge in [-0.2, -0.15) is 0 Å². The fourth-order valence-corrected chi connectivity index (χ4v) is 3.41. The number of benzene rings is 1. The van der Waals surface area contributed by atoms with Crippen LogP contribution in [0.15, 0.2) is 71.9 Å². The van der Waals surface area contributed by atoms with Gasteiger partial charge in [0.15, 0.2) is 0 Å². The zero-order valence-corrected chi connectivity index (χ0v) is 21.9. The van der Waals surface area contributed by atoms with E-state index >= 15 is 0 Å². The summed E-state index contributed by atoms with van der Waals surface area (Å²) in [4.78, 5) is 10.5. The molecule has 0 radical (unpaired) electrons. The summed E-state index contributed by atoms with van der Waals surface area (Å²) in [5.41, 5.74) is 3.58. The first-order valence-electron chi connectivity index (χ1n) is 11.9.